The van der Waals surface area contributed by atoms with Crippen LogP contribution in [0.15, 0.2) is 18.2 Å². The van der Waals surface area contributed by atoms with Gasteiger partial charge in [0.1, 0.15) is 5.75 Å². The van der Waals surface area contributed by atoms with Crippen LogP contribution in [0.5, 0.6) is 5.75 Å². The number of hydrogen-bond donors (Lipinski definition) is 1. The van der Waals surface area contributed by atoms with Crippen molar-refractivity contribution in [1.29, 1.82) is 0 Å². The fraction of sp³-hybridized carbons (Fsp3) is 0.500. The Morgan fingerprint density at radius 1 is 1.47 bits per heavy atom. The molecule has 106 valence electrons. The highest BCUT2D eigenvalue weighted by atomic mass is 35.5. The van der Waals surface area contributed by atoms with E-state index in [2.05, 4.69) is 11.4 Å². The molecular weight excluding hydrogens is 264 g/mol. The van der Waals surface area contributed by atoms with E-state index in [0.717, 1.165) is 30.0 Å². The number of carbonyl (C=O) groups is 1. The molecule has 0 bridgehead atoms. The Labute approximate surface area is 120 Å². The highest BCUT2D eigenvalue weighted by Gasteiger charge is 2.27. The third-order valence-corrected chi connectivity index (χ3v) is 3.39. The molecule has 0 aliphatic carbocycles. The van der Waals surface area contributed by atoms with Gasteiger partial charge in [-0.15, -0.1) is 12.4 Å². The Hall–Kier alpha value is -1.26. The first-order chi connectivity index (χ1) is 8.61. The van der Waals surface area contributed by atoms with Crippen LogP contribution in [0, 0.1) is 12.8 Å². The summed E-state index contributed by atoms with van der Waals surface area (Å²) in [6.45, 7) is 4.29. The van der Waals surface area contributed by atoms with Crippen molar-refractivity contribution in [2.45, 2.75) is 13.5 Å². The molecule has 0 saturated carbocycles. The van der Waals surface area contributed by atoms with Crippen LogP contribution in [-0.2, 0) is 11.3 Å². The zero-order chi connectivity index (χ0) is 13.1. The number of carbonyl (C=O) groups excluding carboxylic acids is 1. The Kier molecular flexibility index (Phi) is 5.63. The van der Waals surface area contributed by atoms with Gasteiger partial charge in [0.2, 0.25) is 5.91 Å². The van der Waals surface area contributed by atoms with Crippen molar-refractivity contribution in [3.8, 4) is 5.75 Å². The molecular formula is C14H21ClN2O2. The highest BCUT2D eigenvalue weighted by Crippen LogP contribution is 2.19. The minimum atomic E-state index is 0. The lowest BCUT2D eigenvalue weighted by Crippen LogP contribution is -2.50. The summed E-state index contributed by atoms with van der Waals surface area (Å²) in [6.07, 6.45) is 0. The molecule has 0 radical (unpaired) electrons. The number of aryl methyl sites for hydroxylation is 1. The van der Waals surface area contributed by atoms with Crippen molar-refractivity contribution in [3.05, 3.63) is 29.3 Å². The van der Waals surface area contributed by atoms with Crippen molar-refractivity contribution >= 4 is 18.3 Å². The second-order valence-corrected chi connectivity index (χ2v) is 4.85. The van der Waals surface area contributed by atoms with Crippen LogP contribution in [0.2, 0.25) is 0 Å². The Morgan fingerprint density at radius 2 is 2.16 bits per heavy atom. The maximum atomic E-state index is 12.0. The maximum absolute atomic E-state index is 12.0. The van der Waals surface area contributed by atoms with Gasteiger partial charge in [-0.25, -0.2) is 0 Å². The molecule has 1 aromatic rings. The quantitative estimate of drug-likeness (QED) is 0.913. The van der Waals surface area contributed by atoms with E-state index in [9.17, 15) is 4.79 Å². The van der Waals surface area contributed by atoms with E-state index in [0.29, 0.717) is 6.54 Å². The maximum Gasteiger partial charge on any atom is 0.228 e. The number of amides is 1. The average molecular weight is 285 g/mol. The van der Waals surface area contributed by atoms with Gasteiger partial charge in [-0.05, 0) is 24.1 Å². The molecule has 0 spiro atoms. The number of nitrogens with one attached hydrogen (secondary N) is 1. The molecule has 2 rings (SSSR count). The Morgan fingerprint density at radius 3 is 2.63 bits per heavy atom. The molecule has 1 saturated heterocycles. The predicted molar refractivity (Wildman–Crippen MR) is 77.8 cm³/mol. The number of rotatable bonds is 4. The SMILES string of the molecule is COc1ccc(CN(C)C(=O)C2CNC2)cc1C.Cl. The second-order valence-electron chi connectivity index (χ2n) is 4.85. The van der Waals surface area contributed by atoms with E-state index in [-0.39, 0.29) is 24.2 Å². The molecule has 1 heterocycles. The number of methoxy groups -OCH3 is 1. The summed E-state index contributed by atoms with van der Waals surface area (Å²) in [5.74, 6) is 1.27. The van der Waals surface area contributed by atoms with E-state index in [1.807, 2.05) is 26.1 Å². The average Bonchev–Trinajstić information content (AvgIpc) is 2.26. The van der Waals surface area contributed by atoms with Gasteiger partial charge < -0.3 is 15.0 Å². The van der Waals surface area contributed by atoms with Gasteiger partial charge in [-0.2, -0.15) is 0 Å². The number of halogens is 1. The minimum Gasteiger partial charge on any atom is -0.496 e. The first-order valence-corrected chi connectivity index (χ1v) is 6.21. The van der Waals surface area contributed by atoms with E-state index in [1.54, 1.807) is 12.0 Å². The van der Waals surface area contributed by atoms with Crippen LogP contribution in [0.1, 0.15) is 11.1 Å². The van der Waals surface area contributed by atoms with Crippen LogP contribution in [-0.4, -0.2) is 38.1 Å². The van der Waals surface area contributed by atoms with Crippen molar-refractivity contribution < 1.29 is 9.53 Å². The van der Waals surface area contributed by atoms with Crippen molar-refractivity contribution in [2.24, 2.45) is 5.92 Å². The van der Waals surface area contributed by atoms with E-state index >= 15 is 0 Å². The monoisotopic (exact) mass is 284 g/mol. The molecule has 19 heavy (non-hydrogen) atoms. The minimum absolute atomic E-state index is 0. The molecule has 5 heteroatoms. The van der Waals surface area contributed by atoms with Gasteiger partial charge in [0.25, 0.3) is 0 Å². The fourth-order valence-electron chi connectivity index (χ4n) is 2.17. The summed E-state index contributed by atoms with van der Waals surface area (Å²) in [5, 5.41) is 3.12. The van der Waals surface area contributed by atoms with E-state index in [4.69, 9.17) is 4.74 Å². The summed E-state index contributed by atoms with van der Waals surface area (Å²) in [6, 6.07) is 6.03. The van der Waals surface area contributed by atoms with Crippen LogP contribution in [0.3, 0.4) is 0 Å². The molecule has 1 N–H and O–H groups in total. The lowest BCUT2D eigenvalue weighted by molar-refractivity contribution is -0.136. The molecule has 0 aromatic heterocycles. The smallest absolute Gasteiger partial charge is 0.228 e. The first-order valence-electron chi connectivity index (χ1n) is 6.21. The molecule has 1 aromatic carbocycles. The van der Waals surface area contributed by atoms with Crippen molar-refractivity contribution in [3.63, 3.8) is 0 Å². The molecule has 1 fully saturated rings. The zero-order valence-electron chi connectivity index (χ0n) is 11.6. The first kappa shape index (κ1) is 15.8. The van der Waals surface area contributed by atoms with E-state index < -0.39 is 0 Å². The molecule has 0 unspecified atom stereocenters. The van der Waals surface area contributed by atoms with Crippen LogP contribution >= 0.6 is 12.4 Å². The number of nitrogens with zero attached hydrogens (tertiary/aromatic N) is 1. The standard InChI is InChI=1S/C14H20N2O2.ClH/c1-10-6-11(4-5-13(10)18-3)9-16(2)14(17)12-7-15-8-12;/h4-6,12,15H,7-9H2,1-3H3;1H. The number of hydrogen-bond acceptors (Lipinski definition) is 3. The largest absolute Gasteiger partial charge is 0.496 e. The van der Waals surface area contributed by atoms with Crippen molar-refractivity contribution in [1.82, 2.24) is 10.2 Å². The van der Waals surface area contributed by atoms with Gasteiger partial charge in [-0.3, -0.25) is 4.79 Å². The summed E-state index contributed by atoms with van der Waals surface area (Å²) >= 11 is 0. The molecule has 1 amide bonds. The molecule has 1 aliphatic heterocycles. The predicted octanol–water partition coefficient (Wildman–Crippen LogP) is 1.60. The summed E-state index contributed by atoms with van der Waals surface area (Å²) in [7, 11) is 3.53. The third kappa shape index (κ3) is 3.61. The Balaban J connectivity index is 0.00000180. The second kappa shape index (κ2) is 6.78. The fourth-order valence-corrected chi connectivity index (χ4v) is 2.17. The molecule has 0 atom stereocenters. The van der Waals surface area contributed by atoms with Gasteiger partial charge in [0, 0.05) is 26.7 Å². The lowest BCUT2D eigenvalue weighted by Gasteiger charge is -2.30. The topological polar surface area (TPSA) is 41.6 Å². The van der Waals surface area contributed by atoms with Gasteiger partial charge >= 0.3 is 0 Å². The summed E-state index contributed by atoms with van der Waals surface area (Å²) < 4.78 is 5.23. The summed E-state index contributed by atoms with van der Waals surface area (Å²) in [4.78, 5) is 13.8. The van der Waals surface area contributed by atoms with Crippen LogP contribution < -0.4 is 10.1 Å². The number of ether oxygens (including phenoxy) is 1. The summed E-state index contributed by atoms with van der Waals surface area (Å²) in [5.41, 5.74) is 2.23. The van der Waals surface area contributed by atoms with Gasteiger partial charge in [0.05, 0.1) is 13.0 Å². The molecule has 4 nitrogen and oxygen atoms in total. The Bertz CT molecular complexity index is 447. The normalized spacial score (nSPS) is 14.3. The van der Waals surface area contributed by atoms with Crippen LogP contribution in [0.25, 0.3) is 0 Å². The highest BCUT2D eigenvalue weighted by molar-refractivity contribution is 5.85. The third-order valence-electron chi connectivity index (χ3n) is 3.39. The number of benzene rings is 1. The van der Waals surface area contributed by atoms with Gasteiger partial charge in [-0.1, -0.05) is 12.1 Å². The van der Waals surface area contributed by atoms with Gasteiger partial charge in [0.15, 0.2) is 0 Å². The van der Waals surface area contributed by atoms with Crippen molar-refractivity contribution in [2.75, 3.05) is 27.2 Å². The lowest BCUT2D eigenvalue weighted by atomic mass is 10.0. The van der Waals surface area contributed by atoms with Crippen LogP contribution in [0.4, 0.5) is 0 Å². The molecule has 1 aliphatic rings. The van der Waals surface area contributed by atoms with E-state index in [1.165, 1.54) is 0 Å². The zero-order valence-corrected chi connectivity index (χ0v) is 12.4.